The maximum Gasteiger partial charge on any atom is 0.408 e. The molecule has 0 aliphatic rings. The maximum absolute atomic E-state index is 13.1. The fourth-order valence-corrected chi connectivity index (χ4v) is 3.02. The number of hydrogen-bond acceptors (Lipinski definition) is 7. The van der Waals surface area contributed by atoms with Crippen LogP contribution in [0.25, 0.3) is 0 Å². The molecule has 0 aromatic heterocycles. The van der Waals surface area contributed by atoms with Crippen molar-refractivity contribution in [1.82, 2.24) is 15.5 Å². The Morgan fingerprint density at radius 1 is 1.18 bits per heavy atom. The van der Waals surface area contributed by atoms with Crippen LogP contribution in [0.4, 0.5) is 4.79 Å². The summed E-state index contributed by atoms with van der Waals surface area (Å²) in [5.41, 5.74) is 0.624. The molecule has 2 unspecified atom stereocenters. The number of esters is 1. The van der Waals surface area contributed by atoms with Crippen LogP contribution in [0.5, 0.6) is 0 Å². The summed E-state index contributed by atoms with van der Waals surface area (Å²) in [6.07, 6.45) is -0.883. The standard InChI is InChI=1S/C23H35N3O7/c1-7-32-18(28)11-12-24-20(29)19(16-10-8-9-15(2)13-16)26(6)21(30)17(14-27)25-22(31)33-23(3,4)5/h8-10,13,17,19,27H,7,11-12,14H2,1-6H3,(H,24,29)(H,25,31). The molecule has 10 heteroatoms. The fraction of sp³-hybridized carbons (Fsp3) is 0.565. The number of likely N-dealkylation sites (N-methyl/N-ethyl adjacent to an activating group) is 1. The van der Waals surface area contributed by atoms with E-state index in [4.69, 9.17) is 9.47 Å². The minimum atomic E-state index is -1.32. The molecule has 10 nitrogen and oxygen atoms in total. The number of hydrogen-bond donors (Lipinski definition) is 3. The van der Waals surface area contributed by atoms with E-state index in [9.17, 15) is 24.3 Å². The number of carbonyl (C=O) groups is 4. The molecule has 3 N–H and O–H groups in total. The number of ether oxygens (including phenoxy) is 2. The van der Waals surface area contributed by atoms with Crippen LogP contribution in [0.3, 0.4) is 0 Å². The highest BCUT2D eigenvalue weighted by Gasteiger charge is 2.33. The molecule has 1 aromatic rings. The molecular formula is C23H35N3O7. The van der Waals surface area contributed by atoms with Crippen LogP contribution in [0.15, 0.2) is 24.3 Å². The van der Waals surface area contributed by atoms with Gasteiger partial charge >= 0.3 is 12.1 Å². The number of benzene rings is 1. The van der Waals surface area contributed by atoms with Gasteiger partial charge in [-0.15, -0.1) is 0 Å². The lowest BCUT2D eigenvalue weighted by Crippen LogP contribution is -2.53. The first-order valence-electron chi connectivity index (χ1n) is 10.8. The van der Waals surface area contributed by atoms with Crippen LogP contribution >= 0.6 is 0 Å². The predicted octanol–water partition coefficient (Wildman–Crippen LogP) is 1.45. The summed E-state index contributed by atoms with van der Waals surface area (Å²) in [7, 11) is 1.40. The minimum absolute atomic E-state index is 0.0166. The molecule has 0 aliphatic heterocycles. The normalized spacial score (nSPS) is 12.8. The maximum atomic E-state index is 13.1. The lowest BCUT2D eigenvalue weighted by atomic mass is 10.0. The van der Waals surface area contributed by atoms with Crippen molar-refractivity contribution in [1.29, 1.82) is 0 Å². The molecule has 0 aliphatic carbocycles. The Balaban J connectivity index is 3.05. The molecule has 3 amide bonds. The number of aryl methyl sites for hydroxylation is 1. The minimum Gasteiger partial charge on any atom is -0.466 e. The van der Waals surface area contributed by atoms with Crippen molar-refractivity contribution in [2.75, 3.05) is 26.8 Å². The van der Waals surface area contributed by atoms with Crippen LogP contribution < -0.4 is 10.6 Å². The van der Waals surface area contributed by atoms with Gasteiger partial charge in [0.25, 0.3) is 0 Å². The van der Waals surface area contributed by atoms with Gasteiger partial charge in [-0.25, -0.2) is 4.79 Å². The van der Waals surface area contributed by atoms with Crippen LogP contribution in [0, 0.1) is 6.92 Å². The average molecular weight is 466 g/mol. The third kappa shape index (κ3) is 9.48. The van der Waals surface area contributed by atoms with E-state index < -0.39 is 48.2 Å². The first-order valence-corrected chi connectivity index (χ1v) is 10.8. The number of rotatable bonds is 10. The van der Waals surface area contributed by atoms with Gasteiger partial charge in [0.1, 0.15) is 17.7 Å². The number of aliphatic hydroxyl groups is 1. The fourth-order valence-electron chi connectivity index (χ4n) is 3.02. The lowest BCUT2D eigenvalue weighted by Gasteiger charge is -2.31. The summed E-state index contributed by atoms with van der Waals surface area (Å²) in [5.74, 6) is -1.65. The van der Waals surface area contributed by atoms with Crippen molar-refractivity contribution in [3.63, 3.8) is 0 Å². The summed E-state index contributed by atoms with van der Waals surface area (Å²) in [6, 6.07) is 4.68. The van der Waals surface area contributed by atoms with E-state index in [-0.39, 0.29) is 19.6 Å². The molecule has 33 heavy (non-hydrogen) atoms. The van der Waals surface area contributed by atoms with Gasteiger partial charge in [0, 0.05) is 13.6 Å². The highest BCUT2D eigenvalue weighted by Crippen LogP contribution is 2.22. The van der Waals surface area contributed by atoms with Crippen molar-refractivity contribution in [3.8, 4) is 0 Å². The smallest absolute Gasteiger partial charge is 0.408 e. The van der Waals surface area contributed by atoms with Crippen molar-refractivity contribution in [2.24, 2.45) is 0 Å². The van der Waals surface area contributed by atoms with Crippen LogP contribution in [0.2, 0.25) is 0 Å². The Bertz CT molecular complexity index is 836. The van der Waals surface area contributed by atoms with Crippen LogP contribution in [-0.2, 0) is 23.9 Å². The Labute approximate surface area is 194 Å². The number of amides is 3. The molecule has 0 bridgehead atoms. The van der Waals surface area contributed by atoms with E-state index >= 15 is 0 Å². The second-order valence-corrected chi connectivity index (χ2v) is 8.49. The average Bonchev–Trinajstić information content (AvgIpc) is 2.70. The second kappa shape index (κ2) is 12.8. The van der Waals surface area contributed by atoms with Crippen molar-refractivity contribution in [2.45, 2.75) is 58.7 Å². The Kier molecular flexibility index (Phi) is 10.8. The van der Waals surface area contributed by atoms with E-state index in [2.05, 4.69) is 10.6 Å². The molecule has 1 aromatic carbocycles. The Morgan fingerprint density at radius 3 is 2.39 bits per heavy atom. The Morgan fingerprint density at radius 2 is 1.85 bits per heavy atom. The zero-order valence-electron chi connectivity index (χ0n) is 20.1. The molecule has 1 rings (SSSR count). The first-order chi connectivity index (χ1) is 15.4. The number of aliphatic hydroxyl groups excluding tert-OH is 1. The summed E-state index contributed by atoms with van der Waals surface area (Å²) in [6.45, 7) is 8.13. The van der Waals surface area contributed by atoms with Gasteiger partial charge in [0.05, 0.1) is 19.6 Å². The van der Waals surface area contributed by atoms with Gasteiger partial charge in [0.15, 0.2) is 0 Å². The molecule has 0 fully saturated rings. The van der Waals surface area contributed by atoms with Crippen LogP contribution in [-0.4, -0.2) is 72.3 Å². The third-order valence-electron chi connectivity index (χ3n) is 4.45. The van der Waals surface area contributed by atoms with E-state index in [1.807, 2.05) is 13.0 Å². The molecule has 2 atom stereocenters. The van der Waals surface area contributed by atoms with E-state index in [0.29, 0.717) is 5.56 Å². The van der Waals surface area contributed by atoms with E-state index in [1.54, 1.807) is 45.9 Å². The monoisotopic (exact) mass is 465 g/mol. The van der Waals surface area contributed by atoms with Crippen molar-refractivity contribution >= 4 is 23.9 Å². The highest BCUT2D eigenvalue weighted by molar-refractivity contribution is 5.92. The summed E-state index contributed by atoms with van der Waals surface area (Å²) in [5, 5.41) is 14.7. The summed E-state index contributed by atoms with van der Waals surface area (Å²) < 4.78 is 10.0. The molecule has 0 saturated carbocycles. The highest BCUT2D eigenvalue weighted by atomic mass is 16.6. The van der Waals surface area contributed by atoms with E-state index in [0.717, 1.165) is 10.5 Å². The SMILES string of the molecule is CCOC(=O)CCNC(=O)C(c1cccc(C)c1)N(C)C(=O)C(CO)NC(=O)OC(C)(C)C. The zero-order valence-corrected chi connectivity index (χ0v) is 20.1. The number of nitrogens with zero attached hydrogens (tertiary/aromatic N) is 1. The van der Waals surface area contributed by atoms with Gasteiger partial charge in [-0.05, 0) is 40.2 Å². The summed E-state index contributed by atoms with van der Waals surface area (Å²) in [4.78, 5) is 50.9. The predicted molar refractivity (Wildman–Crippen MR) is 121 cm³/mol. The van der Waals surface area contributed by atoms with Gasteiger partial charge in [-0.1, -0.05) is 29.8 Å². The van der Waals surface area contributed by atoms with Crippen molar-refractivity contribution < 1.29 is 33.8 Å². The molecule has 0 saturated heterocycles. The van der Waals surface area contributed by atoms with Crippen LogP contribution in [0.1, 0.15) is 51.3 Å². The Hall–Kier alpha value is -3.14. The lowest BCUT2D eigenvalue weighted by molar-refractivity contribution is -0.144. The first kappa shape index (κ1) is 27.9. The molecule has 184 valence electrons. The quantitative estimate of drug-likeness (QED) is 0.445. The second-order valence-electron chi connectivity index (χ2n) is 8.49. The topological polar surface area (TPSA) is 134 Å². The molecule has 0 radical (unpaired) electrons. The zero-order chi connectivity index (χ0) is 25.2. The largest absolute Gasteiger partial charge is 0.466 e. The number of nitrogens with one attached hydrogen (secondary N) is 2. The number of alkyl carbamates (subject to hydrolysis) is 1. The van der Waals surface area contributed by atoms with Crippen molar-refractivity contribution in [3.05, 3.63) is 35.4 Å². The molecular weight excluding hydrogens is 430 g/mol. The summed E-state index contributed by atoms with van der Waals surface area (Å²) >= 11 is 0. The number of carbonyl (C=O) groups excluding carboxylic acids is 4. The molecule has 0 heterocycles. The molecule has 0 spiro atoms. The van der Waals surface area contributed by atoms with Gasteiger partial charge in [0.2, 0.25) is 11.8 Å². The van der Waals surface area contributed by atoms with Gasteiger partial charge < -0.3 is 30.1 Å². The third-order valence-corrected chi connectivity index (χ3v) is 4.45. The van der Waals surface area contributed by atoms with Gasteiger partial charge in [-0.3, -0.25) is 14.4 Å². The van der Waals surface area contributed by atoms with Gasteiger partial charge in [-0.2, -0.15) is 0 Å². The van der Waals surface area contributed by atoms with E-state index in [1.165, 1.54) is 7.05 Å².